The lowest BCUT2D eigenvalue weighted by atomic mass is 9.78. The van der Waals surface area contributed by atoms with Gasteiger partial charge in [0.1, 0.15) is 6.54 Å². The van der Waals surface area contributed by atoms with Crippen LogP contribution in [0.2, 0.25) is 0 Å². The van der Waals surface area contributed by atoms with E-state index in [4.69, 9.17) is 5.11 Å². The van der Waals surface area contributed by atoms with E-state index in [0.29, 0.717) is 5.82 Å². The third kappa shape index (κ3) is 3.36. The van der Waals surface area contributed by atoms with Crippen LogP contribution in [-0.4, -0.2) is 26.8 Å². The standard InChI is InChI=1S/C17H18BrN3O3/c18-13-5-3-12(4-6-13)17(8-1-2-9-17)16(24)19-14-7-10-21(20-14)11-15(22)23/h3-7,10H,1-2,8-9,11H2,(H,22,23)(H,19,20,24). The Balaban J connectivity index is 1.81. The largest absolute Gasteiger partial charge is 0.480 e. The lowest BCUT2D eigenvalue weighted by molar-refractivity contribution is -0.137. The number of rotatable bonds is 5. The average Bonchev–Trinajstić information content (AvgIpc) is 3.18. The molecule has 0 atom stereocenters. The maximum absolute atomic E-state index is 13.0. The van der Waals surface area contributed by atoms with Gasteiger partial charge < -0.3 is 10.4 Å². The van der Waals surface area contributed by atoms with Crippen LogP contribution in [0.3, 0.4) is 0 Å². The normalized spacial score (nSPS) is 16.0. The molecule has 0 aliphatic heterocycles. The number of anilines is 1. The van der Waals surface area contributed by atoms with Crippen molar-refractivity contribution in [2.75, 3.05) is 5.32 Å². The zero-order valence-corrected chi connectivity index (χ0v) is 14.6. The van der Waals surface area contributed by atoms with Gasteiger partial charge in [-0.3, -0.25) is 14.3 Å². The van der Waals surface area contributed by atoms with E-state index in [-0.39, 0.29) is 12.5 Å². The number of carboxylic acid groups (broad SMARTS) is 1. The fraction of sp³-hybridized carbons (Fsp3) is 0.353. The molecule has 0 saturated heterocycles. The first-order valence-electron chi connectivity index (χ1n) is 7.82. The molecule has 1 aliphatic carbocycles. The number of nitrogens with zero attached hydrogens (tertiary/aromatic N) is 2. The molecule has 1 aromatic carbocycles. The Morgan fingerprint density at radius 2 is 1.88 bits per heavy atom. The maximum atomic E-state index is 13.0. The van der Waals surface area contributed by atoms with Gasteiger partial charge in [-0.05, 0) is 30.5 Å². The number of carboxylic acids is 1. The molecule has 0 radical (unpaired) electrons. The molecule has 1 saturated carbocycles. The van der Waals surface area contributed by atoms with Crippen LogP contribution in [-0.2, 0) is 21.5 Å². The molecular formula is C17H18BrN3O3. The summed E-state index contributed by atoms with van der Waals surface area (Å²) in [4.78, 5) is 23.7. The van der Waals surface area contributed by atoms with Crippen molar-refractivity contribution in [3.8, 4) is 0 Å². The molecule has 2 aromatic rings. The van der Waals surface area contributed by atoms with Crippen LogP contribution in [0.4, 0.5) is 5.82 Å². The summed E-state index contributed by atoms with van der Waals surface area (Å²) in [7, 11) is 0. The number of halogens is 1. The van der Waals surface area contributed by atoms with Crippen LogP contribution in [0.25, 0.3) is 0 Å². The molecule has 0 bridgehead atoms. The van der Waals surface area contributed by atoms with E-state index in [1.807, 2.05) is 24.3 Å². The number of nitrogens with one attached hydrogen (secondary N) is 1. The summed E-state index contributed by atoms with van der Waals surface area (Å²) in [5.41, 5.74) is 0.461. The van der Waals surface area contributed by atoms with Crippen molar-refractivity contribution in [3.63, 3.8) is 0 Å². The molecule has 6 nitrogen and oxygen atoms in total. The summed E-state index contributed by atoms with van der Waals surface area (Å²) in [6.45, 7) is -0.228. The van der Waals surface area contributed by atoms with Crippen molar-refractivity contribution in [1.82, 2.24) is 9.78 Å². The second kappa shape index (κ2) is 6.76. The van der Waals surface area contributed by atoms with E-state index in [9.17, 15) is 9.59 Å². The second-order valence-corrected chi connectivity index (χ2v) is 6.96. The summed E-state index contributed by atoms with van der Waals surface area (Å²) >= 11 is 3.42. The molecule has 0 unspecified atom stereocenters. The topological polar surface area (TPSA) is 84.2 Å². The van der Waals surface area contributed by atoms with E-state index in [1.54, 1.807) is 12.3 Å². The van der Waals surface area contributed by atoms with E-state index in [1.165, 1.54) is 4.68 Å². The Bertz CT molecular complexity index is 749. The third-order valence-corrected chi connectivity index (χ3v) is 5.00. The highest BCUT2D eigenvalue weighted by atomic mass is 79.9. The first kappa shape index (κ1) is 16.7. The molecule has 126 valence electrons. The summed E-state index contributed by atoms with van der Waals surface area (Å²) in [6.07, 6.45) is 5.17. The summed E-state index contributed by atoms with van der Waals surface area (Å²) < 4.78 is 2.27. The Morgan fingerprint density at radius 3 is 2.50 bits per heavy atom. The fourth-order valence-electron chi connectivity index (χ4n) is 3.29. The predicted octanol–water partition coefficient (Wildman–Crippen LogP) is 3.18. The van der Waals surface area contributed by atoms with Crippen molar-refractivity contribution in [2.24, 2.45) is 0 Å². The fourth-order valence-corrected chi connectivity index (χ4v) is 3.55. The van der Waals surface area contributed by atoms with E-state index in [2.05, 4.69) is 26.3 Å². The number of aromatic nitrogens is 2. The van der Waals surface area contributed by atoms with Crippen molar-refractivity contribution in [2.45, 2.75) is 37.6 Å². The van der Waals surface area contributed by atoms with E-state index >= 15 is 0 Å². The smallest absolute Gasteiger partial charge is 0.325 e. The number of carbonyl (C=O) groups excluding carboxylic acids is 1. The predicted molar refractivity (Wildman–Crippen MR) is 92.8 cm³/mol. The number of benzene rings is 1. The van der Waals surface area contributed by atoms with Gasteiger partial charge in [-0.25, -0.2) is 0 Å². The molecule has 3 rings (SSSR count). The van der Waals surface area contributed by atoms with Gasteiger partial charge in [0.15, 0.2) is 5.82 Å². The number of aliphatic carboxylic acids is 1. The molecule has 1 aliphatic rings. The summed E-state index contributed by atoms with van der Waals surface area (Å²) in [6, 6.07) is 9.48. The molecule has 1 fully saturated rings. The molecule has 7 heteroatoms. The molecule has 1 aromatic heterocycles. The van der Waals surface area contributed by atoms with Crippen molar-refractivity contribution in [1.29, 1.82) is 0 Å². The molecule has 0 spiro atoms. The second-order valence-electron chi connectivity index (χ2n) is 6.04. The molecule has 2 N–H and O–H groups in total. The number of hydrogen-bond donors (Lipinski definition) is 2. The summed E-state index contributed by atoms with van der Waals surface area (Å²) in [5.74, 6) is -0.675. The van der Waals surface area contributed by atoms with Gasteiger partial charge in [0, 0.05) is 16.7 Å². The Morgan fingerprint density at radius 1 is 1.21 bits per heavy atom. The zero-order chi connectivity index (χ0) is 17.2. The van der Waals surface area contributed by atoms with Gasteiger partial charge in [0.25, 0.3) is 0 Å². The Labute approximate surface area is 148 Å². The number of amides is 1. The number of carbonyl (C=O) groups is 2. The first-order valence-corrected chi connectivity index (χ1v) is 8.62. The molecule has 24 heavy (non-hydrogen) atoms. The van der Waals surface area contributed by atoms with E-state index in [0.717, 1.165) is 35.7 Å². The highest BCUT2D eigenvalue weighted by Gasteiger charge is 2.42. The minimum Gasteiger partial charge on any atom is -0.480 e. The molecule has 1 amide bonds. The SMILES string of the molecule is O=C(O)Cn1ccc(NC(=O)C2(c3ccc(Br)cc3)CCCC2)n1. The van der Waals surface area contributed by atoms with Crippen LogP contribution in [0.5, 0.6) is 0 Å². The number of hydrogen-bond acceptors (Lipinski definition) is 3. The summed E-state index contributed by atoms with van der Waals surface area (Å²) in [5, 5.41) is 15.7. The van der Waals surface area contributed by atoms with Crippen molar-refractivity contribution in [3.05, 3.63) is 46.6 Å². The maximum Gasteiger partial charge on any atom is 0.325 e. The quantitative estimate of drug-likeness (QED) is 0.819. The Kier molecular flexibility index (Phi) is 4.71. The molecular weight excluding hydrogens is 374 g/mol. The van der Waals surface area contributed by atoms with Gasteiger partial charge >= 0.3 is 5.97 Å². The molecule has 1 heterocycles. The Hall–Kier alpha value is -2.15. The average molecular weight is 392 g/mol. The lowest BCUT2D eigenvalue weighted by Gasteiger charge is -2.28. The zero-order valence-electron chi connectivity index (χ0n) is 13.0. The van der Waals surface area contributed by atoms with Gasteiger partial charge in [-0.2, -0.15) is 5.10 Å². The van der Waals surface area contributed by atoms with Gasteiger partial charge in [0.05, 0.1) is 5.41 Å². The highest BCUT2D eigenvalue weighted by Crippen LogP contribution is 2.42. The van der Waals surface area contributed by atoms with Crippen LogP contribution in [0.1, 0.15) is 31.2 Å². The first-order chi connectivity index (χ1) is 11.5. The van der Waals surface area contributed by atoms with Crippen molar-refractivity contribution >= 4 is 33.6 Å². The van der Waals surface area contributed by atoms with Gasteiger partial charge in [-0.15, -0.1) is 0 Å². The third-order valence-electron chi connectivity index (χ3n) is 4.47. The van der Waals surface area contributed by atoms with Gasteiger partial charge in [-0.1, -0.05) is 40.9 Å². The van der Waals surface area contributed by atoms with Crippen molar-refractivity contribution < 1.29 is 14.7 Å². The van der Waals surface area contributed by atoms with E-state index < -0.39 is 11.4 Å². The lowest BCUT2D eigenvalue weighted by Crippen LogP contribution is -2.38. The monoisotopic (exact) mass is 391 g/mol. The van der Waals surface area contributed by atoms with Gasteiger partial charge in [0.2, 0.25) is 5.91 Å². The van der Waals surface area contributed by atoms with Crippen LogP contribution in [0.15, 0.2) is 41.0 Å². The minimum atomic E-state index is -0.974. The highest BCUT2D eigenvalue weighted by molar-refractivity contribution is 9.10. The van der Waals surface area contributed by atoms with Crippen LogP contribution >= 0.6 is 15.9 Å². The van der Waals surface area contributed by atoms with Crippen LogP contribution in [0, 0.1) is 0 Å². The van der Waals surface area contributed by atoms with Crippen LogP contribution < -0.4 is 5.32 Å². The minimum absolute atomic E-state index is 0.0807.